The number of nitro benzene ring substituents is 1. The Morgan fingerprint density at radius 3 is 2.48 bits per heavy atom. The number of anilines is 1. The number of nitrogens with zero attached hydrogens (tertiary/aromatic N) is 1. The minimum atomic E-state index is -0.921. The molecule has 1 N–H and O–H groups in total. The molecule has 1 amide bonds. The molecule has 2 aromatic rings. The van der Waals surface area contributed by atoms with Crippen LogP contribution >= 0.6 is 0 Å². The van der Waals surface area contributed by atoms with Gasteiger partial charge in [0.05, 0.1) is 18.1 Å². The number of nitro groups is 1. The van der Waals surface area contributed by atoms with E-state index in [-0.39, 0.29) is 17.1 Å². The van der Waals surface area contributed by atoms with Gasteiger partial charge in [-0.05, 0) is 31.2 Å². The Kier molecular flexibility index (Phi) is 6.70. The third kappa shape index (κ3) is 5.70. The van der Waals surface area contributed by atoms with Crippen LogP contribution in [0.25, 0.3) is 0 Å². The van der Waals surface area contributed by atoms with Crippen molar-refractivity contribution in [3.8, 4) is 11.5 Å². The number of hydrogen-bond acceptors (Lipinski definition) is 7. The molecule has 1 atom stereocenters. The molecular weight excluding hydrogens is 356 g/mol. The van der Waals surface area contributed by atoms with E-state index in [1.807, 2.05) is 0 Å². The van der Waals surface area contributed by atoms with Gasteiger partial charge < -0.3 is 19.5 Å². The van der Waals surface area contributed by atoms with Crippen molar-refractivity contribution in [2.75, 3.05) is 19.0 Å². The summed E-state index contributed by atoms with van der Waals surface area (Å²) >= 11 is 0. The van der Waals surface area contributed by atoms with Gasteiger partial charge in [0.25, 0.3) is 11.6 Å². The highest BCUT2D eigenvalue weighted by molar-refractivity contribution is 5.95. The number of rotatable bonds is 8. The molecule has 0 spiro atoms. The number of carbonyl (C=O) groups excluding carboxylic acids is 2. The fourth-order valence-corrected chi connectivity index (χ4v) is 2.09. The van der Waals surface area contributed by atoms with Crippen molar-refractivity contribution in [2.45, 2.75) is 13.0 Å². The molecule has 0 aliphatic carbocycles. The molecule has 0 aliphatic heterocycles. The minimum Gasteiger partial charge on any atom is -0.496 e. The van der Waals surface area contributed by atoms with Crippen LogP contribution in [0, 0.1) is 10.1 Å². The zero-order chi connectivity index (χ0) is 19.8. The highest BCUT2D eigenvalue weighted by atomic mass is 16.6. The number of hydrogen-bond donors (Lipinski definition) is 1. The monoisotopic (exact) mass is 374 g/mol. The summed E-state index contributed by atoms with van der Waals surface area (Å²) in [4.78, 5) is 34.3. The SMILES string of the molecule is COc1ccc(NC(=O)COC(=O)[C@@H](C)Oc2ccccc2)c([N+](=O)[O-])c1. The number of esters is 1. The maximum absolute atomic E-state index is 11.9. The molecule has 142 valence electrons. The number of para-hydroxylation sites is 1. The van der Waals surface area contributed by atoms with Gasteiger partial charge in [-0.15, -0.1) is 0 Å². The first-order valence-electron chi connectivity index (χ1n) is 7.91. The Morgan fingerprint density at radius 1 is 1.15 bits per heavy atom. The van der Waals surface area contributed by atoms with E-state index < -0.39 is 29.5 Å². The second-order valence-electron chi connectivity index (χ2n) is 5.37. The maximum Gasteiger partial charge on any atom is 0.347 e. The van der Waals surface area contributed by atoms with Crippen LogP contribution in [-0.2, 0) is 14.3 Å². The van der Waals surface area contributed by atoms with Crippen molar-refractivity contribution >= 4 is 23.3 Å². The Balaban J connectivity index is 1.90. The molecule has 0 bridgehead atoms. The van der Waals surface area contributed by atoms with Gasteiger partial charge in [-0.2, -0.15) is 0 Å². The van der Waals surface area contributed by atoms with Gasteiger partial charge in [0, 0.05) is 0 Å². The highest BCUT2D eigenvalue weighted by Crippen LogP contribution is 2.28. The Hall–Kier alpha value is -3.62. The quantitative estimate of drug-likeness (QED) is 0.429. The fraction of sp³-hybridized carbons (Fsp3) is 0.222. The summed E-state index contributed by atoms with van der Waals surface area (Å²) in [5.41, 5.74) is -0.370. The van der Waals surface area contributed by atoms with Crippen molar-refractivity contribution in [1.29, 1.82) is 0 Å². The first-order valence-corrected chi connectivity index (χ1v) is 7.91. The molecule has 27 heavy (non-hydrogen) atoms. The molecule has 0 saturated heterocycles. The Bertz CT molecular complexity index is 824. The third-order valence-electron chi connectivity index (χ3n) is 3.41. The van der Waals surface area contributed by atoms with E-state index in [2.05, 4.69) is 5.32 Å². The average molecular weight is 374 g/mol. The van der Waals surface area contributed by atoms with Crippen molar-refractivity contribution in [3.05, 3.63) is 58.6 Å². The molecule has 0 unspecified atom stereocenters. The Labute approximate surface area is 155 Å². The van der Waals surface area contributed by atoms with Crippen molar-refractivity contribution in [2.24, 2.45) is 0 Å². The first kappa shape index (κ1) is 19.7. The molecular formula is C18H18N2O7. The molecule has 0 saturated carbocycles. The van der Waals surface area contributed by atoms with E-state index in [1.165, 1.54) is 32.2 Å². The summed E-state index contributed by atoms with van der Waals surface area (Å²) in [5, 5.41) is 13.4. The number of carbonyl (C=O) groups is 2. The van der Waals surface area contributed by atoms with Crippen LogP contribution in [-0.4, -0.2) is 36.6 Å². The van der Waals surface area contributed by atoms with Gasteiger partial charge in [0.2, 0.25) is 0 Å². The van der Waals surface area contributed by atoms with Crippen LogP contribution < -0.4 is 14.8 Å². The number of amides is 1. The molecule has 0 aliphatic rings. The predicted molar refractivity (Wildman–Crippen MR) is 95.8 cm³/mol. The van der Waals surface area contributed by atoms with E-state index >= 15 is 0 Å². The van der Waals surface area contributed by atoms with Gasteiger partial charge in [-0.25, -0.2) is 4.79 Å². The molecule has 0 aromatic heterocycles. The maximum atomic E-state index is 11.9. The summed E-state index contributed by atoms with van der Waals surface area (Å²) in [5.74, 6) is -0.694. The van der Waals surface area contributed by atoms with Gasteiger partial charge in [-0.3, -0.25) is 14.9 Å². The van der Waals surface area contributed by atoms with Gasteiger partial charge in [0.15, 0.2) is 12.7 Å². The largest absolute Gasteiger partial charge is 0.496 e. The molecule has 9 heteroatoms. The molecule has 2 rings (SSSR count). The topological polar surface area (TPSA) is 117 Å². The van der Waals surface area contributed by atoms with Crippen molar-refractivity contribution in [3.63, 3.8) is 0 Å². The molecule has 0 radical (unpaired) electrons. The zero-order valence-corrected chi connectivity index (χ0v) is 14.7. The smallest absolute Gasteiger partial charge is 0.347 e. The van der Waals surface area contributed by atoms with Crippen LogP contribution in [0.1, 0.15) is 6.92 Å². The third-order valence-corrected chi connectivity index (χ3v) is 3.41. The Morgan fingerprint density at radius 2 is 1.85 bits per heavy atom. The van der Waals surface area contributed by atoms with Gasteiger partial charge in [-0.1, -0.05) is 18.2 Å². The summed E-state index contributed by atoms with van der Waals surface area (Å²) < 4.78 is 15.2. The van der Waals surface area contributed by atoms with E-state index in [0.717, 1.165) is 0 Å². The second-order valence-corrected chi connectivity index (χ2v) is 5.37. The summed E-state index contributed by atoms with van der Waals surface area (Å²) in [7, 11) is 1.37. The van der Waals surface area contributed by atoms with Crippen LogP contribution in [0.4, 0.5) is 11.4 Å². The lowest BCUT2D eigenvalue weighted by atomic mass is 10.2. The van der Waals surface area contributed by atoms with Crippen molar-refractivity contribution < 1.29 is 28.7 Å². The summed E-state index contributed by atoms with van der Waals surface area (Å²) in [6.07, 6.45) is -0.921. The normalized spacial score (nSPS) is 11.2. The molecule has 9 nitrogen and oxygen atoms in total. The van der Waals surface area contributed by atoms with Crippen LogP contribution in [0.5, 0.6) is 11.5 Å². The predicted octanol–water partition coefficient (Wildman–Crippen LogP) is 2.55. The van der Waals surface area contributed by atoms with E-state index in [4.69, 9.17) is 14.2 Å². The van der Waals surface area contributed by atoms with Gasteiger partial charge >= 0.3 is 5.97 Å². The average Bonchev–Trinajstić information content (AvgIpc) is 2.67. The number of nitrogens with one attached hydrogen (secondary N) is 1. The molecule has 0 fully saturated rings. The first-order chi connectivity index (χ1) is 12.9. The van der Waals surface area contributed by atoms with E-state index in [1.54, 1.807) is 30.3 Å². The molecule has 0 heterocycles. The minimum absolute atomic E-state index is 0.0320. The fourth-order valence-electron chi connectivity index (χ4n) is 2.09. The number of benzene rings is 2. The zero-order valence-electron chi connectivity index (χ0n) is 14.7. The van der Waals surface area contributed by atoms with Crippen molar-refractivity contribution in [1.82, 2.24) is 0 Å². The lowest BCUT2D eigenvalue weighted by Crippen LogP contribution is -2.29. The highest BCUT2D eigenvalue weighted by Gasteiger charge is 2.20. The lowest BCUT2D eigenvalue weighted by Gasteiger charge is -2.14. The molecule has 2 aromatic carbocycles. The van der Waals surface area contributed by atoms with E-state index in [9.17, 15) is 19.7 Å². The van der Waals surface area contributed by atoms with Crippen LogP contribution in [0.15, 0.2) is 48.5 Å². The number of methoxy groups -OCH3 is 1. The lowest BCUT2D eigenvalue weighted by molar-refractivity contribution is -0.384. The second kappa shape index (κ2) is 9.18. The van der Waals surface area contributed by atoms with Crippen LogP contribution in [0.2, 0.25) is 0 Å². The summed E-state index contributed by atoms with van der Waals surface area (Å²) in [6.45, 7) is 0.881. The van der Waals surface area contributed by atoms with Gasteiger partial charge in [0.1, 0.15) is 17.2 Å². The summed E-state index contributed by atoms with van der Waals surface area (Å²) in [6, 6.07) is 12.6. The number of ether oxygens (including phenoxy) is 3. The van der Waals surface area contributed by atoms with E-state index in [0.29, 0.717) is 5.75 Å². The van der Waals surface area contributed by atoms with Crippen LogP contribution in [0.3, 0.4) is 0 Å². The standard InChI is InChI=1S/C18H18N2O7/c1-12(27-13-6-4-3-5-7-13)18(22)26-11-17(21)19-15-9-8-14(25-2)10-16(15)20(23)24/h3-10,12H,11H2,1-2H3,(H,19,21)/t12-/m1/s1.